The van der Waals surface area contributed by atoms with Gasteiger partial charge in [0.25, 0.3) is 0 Å². The molecule has 0 amide bonds. The number of anilines is 1. The van der Waals surface area contributed by atoms with Crippen LogP contribution in [-0.4, -0.2) is 15.6 Å². The zero-order valence-electron chi connectivity index (χ0n) is 10.3. The Labute approximate surface area is 112 Å². The van der Waals surface area contributed by atoms with E-state index in [1.807, 2.05) is 0 Å². The number of hydrogen-bond acceptors (Lipinski definition) is 2. The van der Waals surface area contributed by atoms with Crippen LogP contribution in [0.1, 0.15) is 18.4 Å². The monoisotopic (exact) mass is 285 g/mol. The third-order valence-electron chi connectivity index (χ3n) is 3.08. The largest absolute Gasteiger partial charge is 0.419 e. The van der Waals surface area contributed by atoms with Gasteiger partial charge in [0.2, 0.25) is 5.95 Å². The van der Waals surface area contributed by atoms with Crippen molar-refractivity contribution in [2.75, 3.05) is 5.32 Å². The quantitative estimate of drug-likeness (QED) is 0.873. The fourth-order valence-electron chi connectivity index (χ4n) is 1.91. The minimum atomic E-state index is -4.72. The van der Waals surface area contributed by atoms with Crippen LogP contribution in [0.2, 0.25) is 0 Å². The summed E-state index contributed by atoms with van der Waals surface area (Å²) in [6.45, 7) is 0. The van der Waals surface area contributed by atoms with Crippen LogP contribution >= 0.6 is 0 Å². The topological polar surface area (TPSA) is 29.9 Å². The Bertz CT molecular complexity index is 629. The van der Waals surface area contributed by atoms with Crippen LogP contribution in [0.5, 0.6) is 0 Å². The van der Waals surface area contributed by atoms with Gasteiger partial charge in [0, 0.05) is 24.1 Å². The summed E-state index contributed by atoms with van der Waals surface area (Å²) in [5.74, 6) is -0.815. The molecule has 0 bridgehead atoms. The fourth-order valence-corrected chi connectivity index (χ4v) is 1.91. The molecule has 0 saturated heterocycles. The standard InChI is InChI=1S/C13H11F4N3/c14-11-4-3-9(7-10(11)13(15,16)17)20-6-5-18-12(20)19-8-1-2-8/h3-8H,1-2H2,(H,18,19). The molecule has 1 aliphatic rings. The molecule has 2 aromatic rings. The van der Waals surface area contributed by atoms with E-state index in [1.54, 1.807) is 0 Å². The third kappa shape index (κ3) is 2.48. The number of alkyl halides is 3. The van der Waals surface area contributed by atoms with Gasteiger partial charge in [-0.05, 0) is 31.0 Å². The summed E-state index contributed by atoms with van der Waals surface area (Å²) < 4.78 is 52.9. The lowest BCUT2D eigenvalue weighted by Gasteiger charge is -2.13. The number of halogens is 4. The fraction of sp³-hybridized carbons (Fsp3) is 0.308. The maximum absolute atomic E-state index is 13.3. The Balaban J connectivity index is 2.00. The highest BCUT2D eigenvalue weighted by Gasteiger charge is 2.34. The molecule has 7 heteroatoms. The number of rotatable bonds is 3. The highest BCUT2D eigenvalue weighted by atomic mass is 19.4. The van der Waals surface area contributed by atoms with Gasteiger partial charge < -0.3 is 5.32 Å². The van der Waals surface area contributed by atoms with Crippen molar-refractivity contribution in [1.82, 2.24) is 9.55 Å². The Morgan fingerprint density at radius 2 is 2.00 bits per heavy atom. The molecule has 0 radical (unpaired) electrons. The van der Waals surface area contributed by atoms with Gasteiger partial charge >= 0.3 is 6.18 Å². The molecule has 1 saturated carbocycles. The van der Waals surface area contributed by atoms with E-state index in [1.165, 1.54) is 23.0 Å². The van der Waals surface area contributed by atoms with Crippen molar-refractivity contribution < 1.29 is 17.6 Å². The molecule has 3 nitrogen and oxygen atoms in total. The number of benzene rings is 1. The van der Waals surface area contributed by atoms with E-state index in [-0.39, 0.29) is 5.69 Å². The number of imidazole rings is 1. The molecular formula is C13H11F4N3. The number of nitrogens with one attached hydrogen (secondary N) is 1. The van der Waals surface area contributed by atoms with E-state index in [2.05, 4.69) is 10.3 Å². The SMILES string of the molecule is Fc1ccc(-n2ccnc2NC2CC2)cc1C(F)(F)F. The molecule has 1 aromatic heterocycles. The number of hydrogen-bond donors (Lipinski definition) is 1. The van der Waals surface area contributed by atoms with Gasteiger partial charge in [-0.15, -0.1) is 0 Å². The Morgan fingerprint density at radius 3 is 2.65 bits per heavy atom. The van der Waals surface area contributed by atoms with Gasteiger partial charge in [-0.1, -0.05) is 0 Å². The van der Waals surface area contributed by atoms with Crippen molar-refractivity contribution in [1.29, 1.82) is 0 Å². The summed E-state index contributed by atoms with van der Waals surface area (Å²) in [6, 6.07) is 3.22. The first kappa shape index (κ1) is 13.0. The van der Waals surface area contributed by atoms with Crippen LogP contribution < -0.4 is 5.32 Å². The predicted octanol–water partition coefficient (Wildman–Crippen LogP) is 3.60. The van der Waals surface area contributed by atoms with E-state index in [9.17, 15) is 17.6 Å². The first-order valence-corrected chi connectivity index (χ1v) is 6.12. The highest BCUT2D eigenvalue weighted by molar-refractivity contribution is 5.45. The normalized spacial score (nSPS) is 15.4. The Kier molecular flexibility index (Phi) is 2.92. The molecule has 3 rings (SSSR count). The van der Waals surface area contributed by atoms with Crippen LogP contribution in [0.15, 0.2) is 30.6 Å². The first-order chi connectivity index (χ1) is 9.45. The summed E-state index contributed by atoms with van der Waals surface area (Å²) in [5, 5.41) is 3.11. The van der Waals surface area contributed by atoms with Crippen LogP contribution in [0.4, 0.5) is 23.5 Å². The smallest absolute Gasteiger partial charge is 0.353 e. The van der Waals surface area contributed by atoms with Crippen molar-refractivity contribution in [3.05, 3.63) is 42.0 Å². The third-order valence-corrected chi connectivity index (χ3v) is 3.08. The molecule has 1 heterocycles. The van der Waals surface area contributed by atoms with Gasteiger partial charge in [0.15, 0.2) is 0 Å². The van der Waals surface area contributed by atoms with Crippen LogP contribution in [-0.2, 0) is 6.18 Å². The van der Waals surface area contributed by atoms with E-state index < -0.39 is 17.6 Å². The average molecular weight is 285 g/mol. The molecule has 1 aliphatic carbocycles. The average Bonchev–Trinajstić information content (AvgIpc) is 3.06. The summed E-state index contributed by atoms with van der Waals surface area (Å²) in [6.07, 6.45) is 0.346. The molecular weight excluding hydrogens is 274 g/mol. The van der Waals surface area contributed by atoms with Crippen molar-refractivity contribution in [2.45, 2.75) is 25.1 Å². The number of nitrogens with zero attached hydrogens (tertiary/aromatic N) is 2. The molecule has 106 valence electrons. The zero-order valence-corrected chi connectivity index (χ0v) is 10.3. The van der Waals surface area contributed by atoms with Gasteiger partial charge in [-0.25, -0.2) is 9.37 Å². The van der Waals surface area contributed by atoms with E-state index in [0.717, 1.165) is 25.0 Å². The van der Waals surface area contributed by atoms with Crippen LogP contribution in [0.25, 0.3) is 5.69 Å². The molecule has 0 aliphatic heterocycles. The van der Waals surface area contributed by atoms with Crippen molar-refractivity contribution >= 4 is 5.95 Å². The van der Waals surface area contributed by atoms with Crippen LogP contribution in [0.3, 0.4) is 0 Å². The van der Waals surface area contributed by atoms with E-state index >= 15 is 0 Å². The second-order valence-electron chi connectivity index (χ2n) is 4.70. The molecule has 20 heavy (non-hydrogen) atoms. The maximum atomic E-state index is 13.3. The highest BCUT2D eigenvalue weighted by Crippen LogP contribution is 2.33. The van der Waals surface area contributed by atoms with Gasteiger partial charge in [-0.2, -0.15) is 13.2 Å². The van der Waals surface area contributed by atoms with Crippen molar-refractivity contribution in [3.63, 3.8) is 0 Å². The molecule has 0 unspecified atom stereocenters. The molecule has 1 fully saturated rings. The van der Waals surface area contributed by atoms with Gasteiger partial charge in [-0.3, -0.25) is 4.57 Å². The van der Waals surface area contributed by atoms with Crippen molar-refractivity contribution in [3.8, 4) is 5.69 Å². The lowest BCUT2D eigenvalue weighted by Crippen LogP contribution is -2.11. The zero-order chi connectivity index (χ0) is 14.3. The molecule has 1 aromatic carbocycles. The van der Waals surface area contributed by atoms with Gasteiger partial charge in [0.05, 0.1) is 5.56 Å². The number of aromatic nitrogens is 2. The second-order valence-corrected chi connectivity index (χ2v) is 4.70. The minimum Gasteiger partial charge on any atom is -0.353 e. The van der Waals surface area contributed by atoms with E-state index in [4.69, 9.17) is 0 Å². The lowest BCUT2D eigenvalue weighted by molar-refractivity contribution is -0.140. The maximum Gasteiger partial charge on any atom is 0.419 e. The molecule has 0 spiro atoms. The Hall–Kier alpha value is -2.05. The summed E-state index contributed by atoms with van der Waals surface area (Å²) in [7, 11) is 0. The molecule has 1 N–H and O–H groups in total. The predicted molar refractivity (Wildman–Crippen MR) is 65.2 cm³/mol. The second kappa shape index (κ2) is 4.50. The summed E-state index contributed by atoms with van der Waals surface area (Å²) in [5.41, 5.74) is -1.06. The van der Waals surface area contributed by atoms with Crippen molar-refractivity contribution in [2.24, 2.45) is 0 Å². The Morgan fingerprint density at radius 1 is 1.25 bits per heavy atom. The molecule has 0 atom stereocenters. The van der Waals surface area contributed by atoms with Crippen LogP contribution in [0, 0.1) is 5.82 Å². The summed E-state index contributed by atoms with van der Waals surface area (Å²) >= 11 is 0. The van der Waals surface area contributed by atoms with E-state index in [0.29, 0.717) is 12.0 Å². The lowest BCUT2D eigenvalue weighted by atomic mass is 10.2. The first-order valence-electron chi connectivity index (χ1n) is 6.12. The van der Waals surface area contributed by atoms with Gasteiger partial charge in [0.1, 0.15) is 5.82 Å². The summed E-state index contributed by atoms with van der Waals surface area (Å²) in [4.78, 5) is 4.06. The minimum absolute atomic E-state index is 0.222.